The molecule has 2 heterocycles. The van der Waals surface area contributed by atoms with Gasteiger partial charge in [0.05, 0.1) is 6.04 Å². The number of hydrogen-bond acceptors (Lipinski definition) is 4. The maximum atomic E-state index is 11.1. The standard InChI is InChI=1S/C17H13NO4/c1-8-2-3-9-10-5-13-11(16(10)22-15(9)4-8)6-14(19)12(7-18-13)17(20)21/h2-4,6-7,13,19H,5H2,1H3,(H,20,21). The summed E-state index contributed by atoms with van der Waals surface area (Å²) < 4.78 is 5.94. The smallest absolute Gasteiger partial charge is 0.341 e. The lowest BCUT2D eigenvalue weighted by Gasteiger charge is -2.04. The predicted molar refractivity (Wildman–Crippen MR) is 82.2 cm³/mol. The van der Waals surface area contributed by atoms with Crippen LogP contribution < -0.4 is 0 Å². The zero-order valence-electron chi connectivity index (χ0n) is 11.8. The van der Waals surface area contributed by atoms with Gasteiger partial charge in [-0.25, -0.2) is 4.79 Å². The minimum absolute atomic E-state index is 0.199. The van der Waals surface area contributed by atoms with E-state index >= 15 is 0 Å². The Labute approximate surface area is 125 Å². The molecule has 0 fully saturated rings. The third kappa shape index (κ3) is 1.72. The van der Waals surface area contributed by atoms with Gasteiger partial charge < -0.3 is 14.6 Å². The molecule has 4 rings (SSSR count). The number of nitrogens with zero attached hydrogens (tertiary/aromatic N) is 1. The van der Waals surface area contributed by atoms with Crippen LogP contribution in [0.1, 0.15) is 16.9 Å². The lowest BCUT2D eigenvalue weighted by atomic mass is 10.1. The van der Waals surface area contributed by atoms with Crippen LogP contribution in [0.2, 0.25) is 0 Å². The fourth-order valence-corrected chi connectivity index (χ4v) is 3.06. The van der Waals surface area contributed by atoms with E-state index in [9.17, 15) is 9.90 Å². The number of aliphatic carboxylic acids is 1. The summed E-state index contributed by atoms with van der Waals surface area (Å²) in [6.07, 6.45) is 3.33. The van der Waals surface area contributed by atoms with Crippen LogP contribution in [0.4, 0.5) is 0 Å². The summed E-state index contributed by atoms with van der Waals surface area (Å²) in [7, 11) is 0. The first kappa shape index (κ1) is 12.9. The molecule has 22 heavy (non-hydrogen) atoms. The highest BCUT2D eigenvalue weighted by Gasteiger charge is 2.34. The Morgan fingerprint density at radius 3 is 3.00 bits per heavy atom. The number of hydrogen-bond donors (Lipinski definition) is 2. The van der Waals surface area contributed by atoms with Crippen LogP contribution in [0.25, 0.3) is 16.5 Å². The van der Waals surface area contributed by atoms with Crippen LogP contribution >= 0.6 is 0 Å². The Morgan fingerprint density at radius 2 is 2.23 bits per heavy atom. The van der Waals surface area contributed by atoms with Crippen LogP contribution in [-0.2, 0) is 11.2 Å². The van der Waals surface area contributed by atoms with E-state index in [2.05, 4.69) is 4.99 Å². The highest BCUT2D eigenvalue weighted by atomic mass is 16.4. The SMILES string of the molecule is Cc1ccc2c3c(oc2c1)C1=CC(O)=C(C(=O)O)C=NC1C3. The molecule has 0 saturated carbocycles. The molecule has 0 amide bonds. The number of carboxylic acids is 1. The van der Waals surface area contributed by atoms with Crippen molar-refractivity contribution in [3.63, 3.8) is 0 Å². The molecule has 1 aliphatic carbocycles. The second-order valence-corrected chi connectivity index (χ2v) is 5.61. The van der Waals surface area contributed by atoms with Gasteiger partial charge in [0.1, 0.15) is 22.7 Å². The average molecular weight is 295 g/mol. The lowest BCUT2D eigenvalue weighted by Crippen LogP contribution is -2.06. The van der Waals surface area contributed by atoms with Crippen molar-refractivity contribution in [1.82, 2.24) is 0 Å². The number of aryl methyl sites for hydroxylation is 1. The summed E-state index contributed by atoms with van der Waals surface area (Å²) in [5.74, 6) is -0.794. The van der Waals surface area contributed by atoms with E-state index in [0.29, 0.717) is 12.2 Å². The summed E-state index contributed by atoms with van der Waals surface area (Å²) in [6.45, 7) is 2.00. The quantitative estimate of drug-likeness (QED) is 0.847. The molecule has 0 spiro atoms. The number of allylic oxidation sites excluding steroid dienone is 1. The minimum atomic E-state index is -1.20. The van der Waals surface area contributed by atoms with Crippen molar-refractivity contribution in [2.45, 2.75) is 19.4 Å². The van der Waals surface area contributed by atoms with E-state index in [-0.39, 0.29) is 17.4 Å². The number of carbonyl (C=O) groups is 1. The molecule has 0 bridgehead atoms. The molecule has 5 heteroatoms. The van der Waals surface area contributed by atoms with Crippen molar-refractivity contribution in [2.75, 3.05) is 0 Å². The normalized spacial score (nSPS) is 19.9. The molecule has 1 aromatic carbocycles. The number of aliphatic hydroxyl groups is 1. The number of carboxylic acid groups (broad SMARTS) is 1. The van der Waals surface area contributed by atoms with Gasteiger partial charge in [-0.15, -0.1) is 0 Å². The molecule has 1 aromatic heterocycles. The van der Waals surface area contributed by atoms with Crippen molar-refractivity contribution in [1.29, 1.82) is 0 Å². The van der Waals surface area contributed by atoms with Crippen molar-refractivity contribution in [3.8, 4) is 0 Å². The molecule has 1 unspecified atom stereocenters. The average Bonchev–Trinajstić information content (AvgIpc) is 2.89. The maximum absolute atomic E-state index is 11.1. The number of furan rings is 1. The van der Waals surface area contributed by atoms with Crippen molar-refractivity contribution < 1.29 is 19.4 Å². The topological polar surface area (TPSA) is 83.0 Å². The van der Waals surface area contributed by atoms with Gasteiger partial charge >= 0.3 is 5.97 Å². The van der Waals surface area contributed by atoms with Crippen LogP contribution in [0.15, 0.2) is 45.0 Å². The second kappa shape index (κ2) is 4.34. The highest BCUT2D eigenvalue weighted by Crippen LogP contribution is 2.42. The van der Waals surface area contributed by atoms with Gasteiger partial charge in [0.25, 0.3) is 0 Å². The Bertz CT molecular complexity index is 914. The Hall–Kier alpha value is -2.82. The molecule has 2 aliphatic rings. The van der Waals surface area contributed by atoms with Gasteiger partial charge in [-0.2, -0.15) is 0 Å². The Kier molecular flexibility index (Phi) is 2.54. The lowest BCUT2D eigenvalue weighted by molar-refractivity contribution is -0.132. The molecule has 5 nitrogen and oxygen atoms in total. The number of aliphatic hydroxyl groups excluding tert-OH is 1. The molecule has 1 atom stereocenters. The Morgan fingerprint density at radius 1 is 1.41 bits per heavy atom. The van der Waals surface area contributed by atoms with Gasteiger partial charge in [-0.05, 0) is 24.6 Å². The fourth-order valence-electron chi connectivity index (χ4n) is 3.06. The number of rotatable bonds is 1. The molecule has 2 aromatic rings. The summed E-state index contributed by atoms with van der Waals surface area (Å²) in [5.41, 5.74) is 3.51. The summed E-state index contributed by atoms with van der Waals surface area (Å²) >= 11 is 0. The molecule has 0 radical (unpaired) electrons. The van der Waals surface area contributed by atoms with Crippen molar-refractivity contribution in [2.24, 2.45) is 4.99 Å². The van der Waals surface area contributed by atoms with Crippen LogP contribution in [-0.4, -0.2) is 28.4 Å². The number of benzene rings is 1. The van der Waals surface area contributed by atoms with Gasteiger partial charge in [-0.1, -0.05) is 12.1 Å². The van der Waals surface area contributed by atoms with Crippen LogP contribution in [0.5, 0.6) is 0 Å². The Balaban J connectivity index is 1.92. The highest BCUT2D eigenvalue weighted by molar-refractivity contribution is 6.10. The number of fused-ring (bicyclic) bond motifs is 5. The second-order valence-electron chi connectivity index (χ2n) is 5.61. The summed E-state index contributed by atoms with van der Waals surface area (Å²) in [5, 5.41) is 20.1. The number of aliphatic imine (C=N–C) groups is 1. The molecular weight excluding hydrogens is 282 g/mol. The van der Waals surface area contributed by atoms with E-state index in [1.165, 1.54) is 12.3 Å². The third-order valence-electron chi connectivity index (χ3n) is 4.15. The van der Waals surface area contributed by atoms with E-state index < -0.39 is 5.97 Å². The van der Waals surface area contributed by atoms with Gasteiger partial charge in [-0.3, -0.25) is 4.99 Å². The maximum Gasteiger partial charge on any atom is 0.341 e. The monoisotopic (exact) mass is 295 g/mol. The van der Waals surface area contributed by atoms with Crippen molar-refractivity contribution >= 4 is 28.7 Å². The molecule has 0 saturated heterocycles. The minimum Gasteiger partial charge on any atom is -0.507 e. The first-order chi connectivity index (χ1) is 10.5. The molecule has 1 aliphatic heterocycles. The predicted octanol–water partition coefficient (Wildman–Crippen LogP) is 3.03. The van der Waals surface area contributed by atoms with E-state index in [4.69, 9.17) is 9.52 Å². The van der Waals surface area contributed by atoms with Crippen LogP contribution in [0.3, 0.4) is 0 Å². The third-order valence-corrected chi connectivity index (χ3v) is 4.15. The first-order valence-electron chi connectivity index (χ1n) is 6.98. The summed E-state index contributed by atoms with van der Waals surface area (Å²) in [4.78, 5) is 15.4. The van der Waals surface area contributed by atoms with E-state index in [1.54, 1.807) is 0 Å². The van der Waals surface area contributed by atoms with Crippen LogP contribution in [0, 0.1) is 6.92 Å². The van der Waals surface area contributed by atoms with Gasteiger partial charge in [0, 0.05) is 29.2 Å². The largest absolute Gasteiger partial charge is 0.507 e. The molecule has 2 N–H and O–H groups in total. The van der Waals surface area contributed by atoms with Crippen molar-refractivity contribution in [3.05, 3.63) is 52.5 Å². The zero-order chi connectivity index (χ0) is 15.4. The zero-order valence-corrected chi connectivity index (χ0v) is 11.8. The van der Waals surface area contributed by atoms with E-state index in [0.717, 1.165) is 27.7 Å². The first-order valence-corrected chi connectivity index (χ1v) is 6.98. The molecular formula is C17H13NO4. The van der Waals surface area contributed by atoms with Gasteiger partial charge in [0.15, 0.2) is 0 Å². The van der Waals surface area contributed by atoms with E-state index in [1.807, 2.05) is 25.1 Å². The molecule has 110 valence electrons. The summed E-state index contributed by atoms with van der Waals surface area (Å²) in [6, 6.07) is 5.82. The van der Waals surface area contributed by atoms with Gasteiger partial charge in [0.2, 0.25) is 0 Å². The fraction of sp³-hybridized carbons (Fsp3) is 0.176.